The van der Waals surface area contributed by atoms with Crippen LogP contribution in [0.1, 0.15) is 21.5 Å². The van der Waals surface area contributed by atoms with Gasteiger partial charge in [0, 0.05) is 52.2 Å². The van der Waals surface area contributed by atoms with Gasteiger partial charge in [0.1, 0.15) is 0 Å². The molecule has 0 unspecified atom stereocenters. The Bertz CT molecular complexity index is 950. The lowest BCUT2D eigenvalue weighted by atomic mass is 10.1. The summed E-state index contributed by atoms with van der Waals surface area (Å²) in [6, 6.07) is 17.7. The summed E-state index contributed by atoms with van der Waals surface area (Å²) >= 11 is 0. The first-order chi connectivity index (χ1) is 14.1. The zero-order chi connectivity index (χ0) is 20.6. The van der Waals surface area contributed by atoms with E-state index in [1.165, 1.54) is 0 Å². The number of nitrogens with one attached hydrogen (secondary N) is 2. The SMILES string of the molecule is CN=C(NCc1ccc(C(=O)N(C)C)cc1)NCc1ccc(-n2cccn2)cc1.I. The molecule has 3 aromatic rings. The molecule has 1 heterocycles. The van der Waals surface area contributed by atoms with Gasteiger partial charge in [0.05, 0.1) is 5.69 Å². The first kappa shape index (κ1) is 23.4. The largest absolute Gasteiger partial charge is 0.352 e. The molecule has 1 amide bonds. The molecule has 2 N–H and O–H groups in total. The maximum atomic E-state index is 12.0. The molecule has 0 atom stereocenters. The zero-order valence-electron chi connectivity index (χ0n) is 17.4. The van der Waals surface area contributed by atoms with E-state index in [2.05, 4.69) is 32.9 Å². The Morgan fingerprint density at radius 1 is 1.00 bits per heavy atom. The molecule has 0 fully saturated rings. The molecule has 0 radical (unpaired) electrons. The summed E-state index contributed by atoms with van der Waals surface area (Å²) in [6.45, 7) is 1.28. The number of aromatic nitrogens is 2. The minimum atomic E-state index is 0. The molecule has 1 aromatic heterocycles. The van der Waals surface area contributed by atoms with E-state index in [1.807, 2.05) is 53.3 Å². The van der Waals surface area contributed by atoms with E-state index in [4.69, 9.17) is 0 Å². The fourth-order valence-electron chi connectivity index (χ4n) is 2.80. The van der Waals surface area contributed by atoms with E-state index in [-0.39, 0.29) is 29.9 Å². The Kier molecular flexibility index (Phi) is 8.85. The summed E-state index contributed by atoms with van der Waals surface area (Å²) in [6.07, 6.45) is 3.68. The first-order valence-corrected chi connectivity index (χ1v) is 9.41. The number of halogens is 1. The third-order valence-corrected chi connectivity index (χ3v) is 4.46. The number of benzene rings is 2. The summed E-state index contributed by atoms with van der Waals surface area (Å²) in [5.74, 6) is 0.718. The third kappa shape index (κ3) is 6.31. The van der Waals surface area contributed by atoms with Gasteiger partial charge >= 0.3 is 0 Å². The Labute approximate surface area is 194 Å². The lowest BCUT2D eigenvalue weighted by Crippen LogP contribution is -2.36. The second kappa shape index (κ2) is 11.3. The molecule has 7 nitrogen and oxygen atoms in total. The molecule has 3 rings (SSSR count). The molecule has 0 spiro atoms. The summed E-state index contributed by atoms with van der Waals surface area (Å²) in [4.78, 5) is 17.8. The van der Waals surface area contributed by atoms with E-state index in [0.717, 1.165) is 22.8 Å². The minimum absolute atomic E-state index is 0. The van der Waals surface area contributed by atoms with Crippen molar-refractivity contribution in [3.8, 4) is 5.69 Å². The van der Waals surface area contributed by atoms with Crippen LogP contribution in [0, 0.1) is 0 Å². The average molecular weight is 518 g/mol. The van der Waals surface area contributed by atoms with Crippen molar-refractivity contribution in [1.82, 2.24) is 25.3 Å². The fraction of sp³-hybridized carbons (Fsp3) is 0.227. The van der Waals surface area contributed by atoms with Gasteiger partial charge in [-0.25, -0.2) is 4.68 Å². The van der Waals surface area contributed by atoms with Gasteiger partial charge in [0.25, 0.3) is 5.91 Å². The Morgan fingerprint density at radius 2 is 1.57 bits per heavy atom. The van der Waals surface area contributed by atoms with E-state index in [1.54, 1.807) is 32.2 Å². The predicted octanol–water partition coefficient (Wildman–Crippen LogP) is 3.06. The molecule has 0 saturated heterocycles. The highest BCUT2D eigenvalue weighted by Crippen LogP contribution is 2.09. The summed E-state index contributed by atoms with van der Waals surface area (Å²) in [5.41, 5.74) is 3.93. The maximum Gasteiger partial charge on any atom is 0.253 e. The van der Waals surface area contributed by atoms with Crippen molar-refractivity contribution in [3.05, 3.63) is 83.7 Å². The highest BCUT2D eigenvalue weighted by atomic mass is 127. The Balaban J connectivity index is 0.00000320. The standard InChI is InChI=1S/C22H26N6O.HI/c1-23-22(24-15-17-5-9-19(10-6-17)21(29)27(2)3)25-16-18-7-11-20(12-8-18)28-14-4-13-26-28;/h4-14H,15-16H2,1-3H3,(H2,23,24,25);1H. The molecule has 0 saturated carbocycles. The lowest BCUT2D eigenvalue weighted by Gasteiger charge is -2.13. The van der Waals surface area contributed by atoms with Gasteiger partial charge in [-0.2, -0.15) is 5.10 Å². The van der Waals surface area contributed by atoms with Crippen LogP contribution in [-0.4, -0.2) is 47.7 Å². The number of carbonyl (C=O) groups is 1. The van der Waals surface area contributed by atoms with E-state index < -0.39 is 0 Å². The van der Waals surface area contributed by atoms with Crippen molar-refractivity contribution in [3.63, 3.8) is 0 Å². The maximum absolute atomic E-state index is 12.0. The number of hydrogen-bond donors (Lipinski definition) is 2. The van der Waals surface area contributed by atoms with Crippen LogP contribution in [0.15, 0.2) is 72.0 Å². The van der Waals surface area contributed by atoms with Gasteiger partial charge in [-0.1, -0.05) is 24.3 Å². The number of rotatable bonds is 6. The van der Waals surface area contributed by atoms with Gasteiger partial charge in [-0.15, -0.1) is 24.0 Å². The highest BCUT2D eigenvalue weighted by Gasteiger charge is 2.07. The van der Waals surface area contributed by atoms with Crippen LogP contribution in [0.3, 0.4) is 0 Å². The van der Waals surface area contributed by atoms with Gasteiger partial charge in [-0.3, -0.25) is 9.79 Å². The van der Waals surface area contributed by atoms with Crippen LogP contribution < -0.4 is 10.6 Å². The molecule has 30 heavy (non-hydrogen) atoms. The van der Waals surface area contributed by atoms with Crippen LogP contribution in [0.5, 0.6) is 0 Å². The van der Waals surface area contributed by atoms with Gasteiger partial charge < -0.3 is 15.5 Å². The third-order valence-electron chi connectivity index (χ3n) is 4.46. The van der Waals surface area contributed by atoms with Gasteiger partial charge in [0.15, 0.2) is 5.96 Å². The molecule has 0 bridgehead atoms. The molecule has 0 aliphatic heterocycles. The summed E-state index contributed by atoms with van der Waals surface area (Å²) in [7, 11) is 5.24. The first-order valence-electron chi connectivity index (χ1n) is 9.41. The van der Waals surface area contributed by atoms with Crippen molar-refractivity contribution >= 4 is 35.8 Å². The topological polar surface area (TPSA) is 74.6 Å². The van der Waals surface area contributed by atoms with Gasteiger partial charge in [-0.05, 0) is 41.5 Å². The molecule has 8 heteroatoms. The van der Waals surface area contributed by atoms with Crippen LogP contribution >= 0.6 is 24.0 Å². The van der Waals surface area contributed by atoms with Crippen LogP contribution in [0.4, 0.5) is 0 Å². The molecule has 0 aliphatic rings. The summed E-state index contributed by atoms with van der Waals surface area (Å²) < 4.78 is 1.83. The summed E-state index contributed by atoms with van der Waals surface area (Å²) in [5, 5.41) is 10.8. The van der Waals surface area contributed by atoms with Crippen LogP contribution in [-0.2, 0) is 13.1 Å². The van der Waals surface area contributed by atoms with E-state index >= 15 is 0 Å². The number of amides is 1. The van der Waals surface area contributed by atoms with E-state index in [9.17, 15) is 4.79 Å². The normalized spacial score (nSPS) is 10.8. The molecular formula is C22H27IN6O. The number of hydrogen-bond acceptors (Lipinski definition) is 3. The second-order valence-corrected chi connectivity index (χ2v) is 6.79. The monoisotopic (exact) mass is 518 g/mol. The fourth-order valence-corrected chi connectivity index (χ4v) is 2.80. The van der Waals surface area contributed by atoms with Crippen LogP contribution in [0.25, 0.3) is 5.69 Å². The number of nitrogens with zero attached hydrogens (tertiary/aromatic N) is 4. The average Bonchev–Trinajstić information content (AvgIpc) is 3.29. The smallest absolute Gasteiger partial charge is 0.253 e. The molecular weight excluding hydrogens is 491 g/mol. The molecule has 0 aliphatic carbocycles. The second-order valence-electron chi connectivity index (χ2n) is 6.79. The Hall–Kier alpha value is -2.88. The lowest BCUT2D eigenvalue weighted by molar-refractivity contribution is 0.0827. The number of carbonyl (C=O) groups excluding carboxylic acids is 1. The van der Waals surface area contributed by atoms with Crippen molar-refractivity contribution in [1.29, 1.82) is 0 Å². The number of aliphatic imine (C=N–C) groups is 1. The van der Waals surface area contributed by atoms with Crippen molar-refractivity contribution < 1.29 is 4.79 Å². The van der Waals surface area contributed by atoms with E-state index in [0.29, 0.717) is 18.7 Å². The number of guanidine groups is 1. The van der Waals surface area contributed by atoms with Gasteiger partial charge in [0.2, 0.25) is 0 Å². The predicted molar refractivity (Wildman–Crippen MR) is 130 cm³/mol. The quantitative estimate of drug-likeness (QED) is 0.299. The van der Waals surface area contributed by atoms with Crippen molar-refractivity contribution in [2.75, 3.05) is 21.1 Å². The molecule has 158 valence electrons. The Morgan fingerprint density at radius 3 is 2.03 bits per heavy atom. The van der Waals surface area contributed by atoms with Crippen molar-refractivity contribution in [2.24, 2.45) is 4.99 Å². The highest BCUT2D eigenvalue weighted by molar-refractivity contribution is 14.0. The van der Waals surface area contributed by atoms with Crippen LogP contribution in [0.2, 0.25) is 0 Å². The minimum Gasteiger partial charge on any atom is -0.352 e. The van der Waals surface area contributed by atoms with Crippen molar-refractivity contribution in [2.45, 2.75) is 13.1 Å². The zero-order valence-corrected chi connectivity index (χ0v) is 19.7. The molecule has 2 aromatic carbocycles.